The Bertz CT molecular complexity index is 841. The zero-order chi connectivity index (χ0) is 18.6. The fraction of sp³-hybridized carbons (Fsp3) is 0.455. The van der Waals surface area contributed by atoms with Crippen LogP contribution in [0.4, 0.5) is 5.82 Å². The summed E-state index contributed by atoms with van der Waals surface area (Å²) >= 11 is 5.99. The lowest BCUT2D eigenvalue weighted by Crippen LogP contribution is -2.31. The topological polar surface area (TPSA) is 43.2 Å². The van der Waals surface area contributed by atoms with Crippen molar-refractivity contribution in [2.75, 3.05) is 31.1 Å². The van der Waals surface area contributed by atoms with Gasteiger partial charge in [-0.25, -0.2) is 4.98 Å². The van der Waals surface area contributed by atoms with E-state index in [9.17, 15) is 5.26 Å². The van der Waals surface area contributed by atoms with Crippen LogP contribution in [0.3, 0.4) is 0 Å². The molecule has 2 aliphatic rings. The standard InChI is InChI=1S/C22H25ClN4/c23-20-8-6-17(7-9-20)16-26-10-3-11-27(13-12-26)22-19(15-24)14-18-4-1-2-5-21(18)25-22/h6-9,14H,1-5,10-13,16H2. The summed E-state index contributed by atoms with van der Waals surface area (Å²) in [6.45, 7) is 4.84. The van der Waals surface area contributed by atoms with E-state index in [0.717, 1.165) is 68.4 Å². The van der Waals surface area contributed by atoms with Gasteiger partial charge < -0.3 is 4.90 Å². The molecule has 1 aromatic heterocycles. The first-order valence-electron chi connectivity index (χ1n) is 9.87. The normalized spacial score (nSPS) is 17.9. The molecule has 0 radical (unpaired) electrons. The van der Waals surface area contributed by atoms with Crippen LogP contribution < -0.4 is 4.90 Å². The highest BCUT2D eigenvalue weighted by molar-refractivity contribution is 6.30. The fourth-order valence-electron chi connectivity index (χ4n) is 4.13. The van der Waals surface area contributed by atoms with E-state index >= 15 is 0 Å². The molecule has 0 spiro atoms. The number of nitriles is 1. The van der Waals surface area contributed by atoms with E-state index in [1.807, 2.05) is 12.1 Å². The number of aryl methyl sites for hydroxylation is 2. The van der Waals surface area contributed by atoms with Gasteiger partial charge in [-0.15, -0.1) is 0 Å². The van der Waals surface area contributed by atoms with Crippen molar-refractivity contribution in [1.82, 2.24) is 9.88 Å². The molecule has 1 saturated heterocycles. The molecule has 1 fully saturated rings. The minimum Gasteiger partial charge on any atom is -0.354 e. The highest BCUT2D eigenvalue weighted by atomic mass is 35.5. The molecule has 0 saturated carbocycles. The molecule has 4 rings (SSSR count). The largest absolute Gasteiger partial charge is 0.354 e. The van der Waals surface area contributed by atoms with Gasteiger partial charge in [0.25, 0.3) is 0 Å². The molecular formula is C22H25ClN4. The highest BCUT2D eigenvalue weighted by Crippen LogP contribution is 2.27. The summed E-state index contributed by atoms with van der Waals surface area (Å²) in [6.07, 6.45) is 5.61. The van der Waals surface area contributed by atoms with E-state index in [2.05, 4.69) is 34.1 Å². The van der Waals surface area contributed by atoms with Gasteiger partial charge in [0.15, 0.2) is 0 Å². The highest BCUT2D eigenvalue weighted by Gasteiger charge is 2.21. The van der Waals surface area contributed by atoms with E-state index in [1.54, 1.807) is 0 Å². The molecule has 5 heteroatoms. The molecule has 0 amide bonds. The van der Waals surface area contributed by atoms with Crippen molar-refractivity contribution in [3.05, 3.63) is 57.7 Å². The van der Waals surface area contributed by atoms with Crippen molar-refractivity contribution >= 4 is 17.4 Å². The number of rotatable bonds is 3. The third-order valence-electron chi connectivity index (χ3n) is 5.61. The summed E-state index contributed by atoms with van der Waals surface area (Å²) in [7, 11) is 0. The lowest BCUT2D eigenvalue weighted by molar-refractivity contribution is 0.285. The Morgan fingerprint density at radius 1 is 1.00 bits per heavy atom. The molecule has 2 heterocycles. The number of aromatic nitrogens is 1. The van der Waals surface area contributed by atoms with Crippen molar-refractivity contribution in [3.63, 3.8) is 0 Å². The number of halogens is 1. The number of pyridine rings is 1. The van der Waals surface area contributed by atoms with E-state index in [-0.39, 0.29) is 0 Å². The van der Waals surface area contributed by atoms with Crippen LogP contribution in [0, 0.1) is 11.3 Å². The quantitative estimate of drug-likeness (QED) is 0.800. The summed E-state index contributed by atoms with van der Waals surface area (Å²) in [5, 5.41) is 10.4. The van der Waals surface area contributed by atoms with E-state index in [4.69, 9.17) is 16.6 Å². The van der Waals surface area contributed by atoms with E-state index in [0.29, 0.717) is 0 Å². The molecule has 140 valence electrons. The zero-order valence-electron chi connectivity index (χ0n) is 15.6. The van der Waals surface area contributed by atoms with Crippen molar-refractivity contribution in [3.8, 4) is 6.07 Å². The number of benzene rings is 1. The van der Waals surface area contributed by atoms with Crippen LogP contribution in [0.2, 0.25) is 5.02 Å². The van der Waals surface area contributed by atoms with Crippen molar-refractivity contribution < 1.29 is 0 Å². The molecule has 0 bridgehead atoms. The van der Waals surface area contributed by atoms with Gasteiger partial charge in [-0.3, -0.25) is 4.90 Å². The third kappa shape index (κ3) is 4.26. The number of hydrogen-bond donors (Lipinski definition) is 0. The Morgan fingerprint density at radius 3 is 2.63 bits per heavy atom. The van der Waals surface area contributed by atoms with Gasteiger partial charge in [-0.05, 0) is 61.4 Å². The minimum atomic E-state index is 0.738. The fourth-order valence-corrected chi connectivity index (χ4v) is 4.26. The molecule has 27 heavy (non-hydrogen) atoms. The smallest absolute Gasteiger partial charge is 0.146 e. The average molecular weight is 381 g/mol. The van der Waals surface area contributed by atoms with E-state index in [1.165, 1.54) is 29.7 Å². The van der Waals surface area contributed by atoms with Crippen LogP contribution in [0.1, 0.15) is 41.6 Å². The van der Waals surface area contributed by atoms with Crippen LogP contribution >= 0.6 is 11.6 Å². The predicted molar refractivity (Wildman–Crippen MR) is 109 cm³/mol. The maximum absolute atomic E-state index is 9.65. The SMILES string of the molecule is N#Cc1cc2c(nc1N1CCCN(Cc3ccc(Cl)cc3)CC1)CCCC2. The molecular weight excluding hydrogens is 356 g/mol. The molecule has 1 aliphatic carbocycles. The van der Waals surface area contributed by atoms with Gasteiger partial charge in [0.2, 0.25) is 0 Å². The Kier molecular flexibility index (Phi) is 5.61. The zero-order valence-corrected chi connectivity index (χ0v) is 16.4. The lowest BCUT2D eigenvalue weighted by atomic mass is 9.95. The minimum absolute atomic E-state index is 0.738. The molecule has 2 aromatic rings. The maximum Gasteiger partial charge on any atom is 0.146 e. The molecule has 0 unspecified atom stereocenters. The predicted octanol–water partition coefficient (Wildman–Crippen LogP) is 4.20. The van der Waals surface area contributed by atoms with Gasteiger partial charge in [-0.1, -0.05) is 23.7 Å². The molecule has 0 atom stereocenters. The monoisotopic (exact) mass is 380 g/mol. The van der Waals surface area contributed by atoms with Crippen molar-refractivity contribution in [2.45, 2.75) is 38.6 Å². The summed E-state index contributed by atoms with van der Waals surface area (Å²) in [5.74, 6) is 0.895. The second-order valence-corrected chi connectivity index (χ2v) is 7.96. The maximum atomic E-state index is 9.65. The first-order chi connectivity index (χ1) is 13.2. The number of anilines is 1. The Morgan fingerprint density at radius 2 is 1.81 bits per heavy atom. The Labute approximate surface area is 166 Å². The first-order valence-corrected chi connectivity index (χ1v) is 10.3. The van der Waals surface area contributed by atoms with Gasteiger partial charge in [0.1, 0.15) is 11.9 Å². The average Bonchev–Trinajstić information content (AvgIpc) is 2.94. The Hall–Kier alpha value is -2.09. The van der Waals surface area contributed by atoms with Crippen LogP contribution in [-0.4, -0.2) is 36.1 Å². The molecule has 1 aliphatic heterocycles. The molecule has 0 N–H and O–H groups in total. The number of nitrogens with zero attached hydrogens (tertiary/aromatic N) is 4. The van der Waals surface area contributed by atoms with Gasteiger partial charge >= 0.3 is 0 Å². The van der Waals surface area contributed by atoms with Crippen molar-refractivity contribution in [1.29, 1.82) is 5.26 Å². The lowest BCUT2D eigenvalue weighted by Gasteiger charge is -2.26. The van der Waals surface area contributed by atoms with Crippen LogP contribution in [-0.2, 0) is 19.4 Å². The molecule has 1 aromatic carbocycles. The summed E-state index contributed by atoms with van der Waals surface area (Å²) in [5.41, 5.74) is 4.51. The van der Waals surface area contributed by atoms with Crippen molar-refractivity contribution in [2.24, 2.45) is 0 Å². The number of fused-ring (bicyclic) bond motifs is 1. The molecule has 4 nitrogen and oxygen atoms in total. The second-order valence-electron chi connectivity index (χ2n) is 7.53. The Balaban J connectivity index is 1.48. The summed E-state index contributed by atoms with van der Waals surface area (Å²) in [4.78, 5) is 9.73. The van der Waals surface area contributed by atoms with E-state index < -0.39 is 0 Å². The third-order valence-corrected chi connectivity index (χ3v) is 5.86. The summed E-state index contributed by atoms with van der Waals surface area (Å²) < 4.78 is 0. The van der Waals surface area contributed by atoms with Crippen LogP contribution in [0.15, 0.2) is 30.3 Å². The van der Waals surface area contributed by atoms with Crippen LogP contribution in [0.25, 0.3) is 0 Å². The second kappa shape index (κ2) is 8.29. The first kappa shape index (κ1) is 18.3. The van der Waals surface area contributed by atoms with Gasteiger partial charge in [-0.2, -0.15) is 5.26 Å². The van der Waals surface area contributed by atoms with Gasteiger partial charge in [0, 0.05) is 43.4 Å². The number of hydrogen-bond acceptors (Lipinski definition) is 4. The summed E-state index contributed by atoms with van der Waals surface area (Å²) in [6, 6.07) is 12.6. The van der Waals surface area contributed by atoms with Gasteiger partial charge in [0.05, 0.1) is 5.56 Å². The van der Waals surface area contributed by atoms with Crippen LogP contribution in [0.5, 0.6) is 0 Å².